The van der Waals surface area contributed by atoms with Gasteiger partial charge in [0.25, 0.3) is 5.91 Å². The van der Waals surface area contributed by atoms with Crippen LogP contribution in [-0.4, -0.2) is 42.5 Å². The van der Waals surface area contributed by atoms with Crippen LogP contribution < -0.4 is 10.6 Å². The van der Waals surface area contributed by atoms with E-state index in [9.17, 15) is 4.79 Å². The van der Waals surface area contributed by atoms with Gasteiger partial charge in [-0.25, -0.2) is 0 Å². The number of aromatic nitrogens is 1. The fraction of sp³-hybridized carbons (Fsp3) is 0.333. The lowest BCUT2D eigenvalue weighted by Crippen LogP contribution is -2.38. The highest BCUT2D eigenvalue weighted by molar-refractivity contribution is 9.10. The van der Waals surface area contributed by atoms with Gasteiger partial charge in [0.05, 0.1) is 6.54 Å². The summed E-state index contributed by atoms with van der Waals surface area (Å²) in [5.41, 5.74) is 2.86. The van der Waals surface area contributed by atoms with Gasteiger partial charge in [0.2, 0.25) is 0 Å². The summed E-state index contributed by atoms with van der Waals surface area (Å²) in [6, 6.07) is 9.65. The molecule has 1 aromatic carbocycles. The van der Waals surface area contributed by atoms with Crippen molar-refractivity contribution >= 4 is 27.8 Å². The quantitative estimate of drug-likeness (QED) is 0.592. The van der Waals surface area contributed by atoms with E-state index in [0.29, 0.717) is 12.1 Å². The molecule has 0 bridgehead atoms. The molecule has 0 saturated heterocycles. The van der Waals surface area contributed by atoms with E-state index in [-0.39, 0.29) is 5.91 Å². The summed E-state index contributed by atoms with van der Waals surface area (Å²) in [6.45, 7) is 1.33. The Morgan fingerprint density at radius 1 is 1.36 bits per heavy atom. The molecule has 25 heavy (non-hydrogen) atoms. The molecule has 6 nitrogen and oxygen atoms in total. The SMILES string of the molecule is CN=C(NCc1cccc(C(=O)NC)c1)N(C)Cc1cc(Br)cn1C. The number of benzene rings is 1. The van der Waals surface area contributed by atoms with Crippen LogP contribution in [0.15, 0.2) is 46.0 Å². The molecule has 1 heterocycles. The minimum absolute atomic E-state index is 0.0855. The largest absolute Gasteiger partial charge is 0.355 e. The van der Waals surface area contributed by atoms with Crippen LogP contribution in [0.5, 0.6) is 0 Å². The third kappa shape index (κ3) is 5.09. The fourth-order valence-electron chi connectivity index (χ4n) is 2.57. The number of nitrogens with zero attached hydrogens (tertiary/aromatic N) is 3. The lowest BCUT2D eigenvalue weighted by Gasteiger charge is -2.22. The summed E-state index contributed by atoms with van der Waals surface area (Å²) in [6.07, 6.45) is 2.03. The van der Waals surface area contributed by atoms with Crippen molar-refractivity contribution in [1.82, 2.24) is 20.1 Å². The maximum Gasteiger partial charge on any atom is 0.251 e. The fourth-order valence-corrected chi connectivity index (χ4v) is 3.15. The number of carbonyl (C=O) groups excluding carboxylic acids is 1. The first-order valence-corrected chi connectivity index (χ1v) is 8.77. The molecule has 7 heteroatoms. The molecule has 0 unspecified atom stereocenters. The van der Waals surface area contributed by atoms with Crippen LogP contribution in [0.1, 0.15) is 21.6 Å². The van der Waals surface area contributed by atoms with E-state index in [1.165, 1.54) is 5.69 Å². The van der Waals surface area contributed by atoms with E-state index < -0.39 is 0 Å². The number of aliphatic imine (C=N–C) groups is 1. The van der Waals surface area contributed by atoms with Gasteiger partial charge in [-0.1, -0.05) is 12.1 Å². The van der Waals surface area contributed by atoms with E-state index in [2.05, 4.69) is 47.1 Å². The first-order chi connectivity index (χ1) is 11.9. The first kappa shape index (κ1) is 19.1. The topological polar surface area (TPSA) is 61.7 Å². The Labute approximate surface area is 157 Å². The third-order valence-electron chi connectivity index (χ3n) is 3.91. The number of amides is 1. The molecule has 1 aromatic heterocycles. The van der Waals surface area contributed by atoms with E-state index in [4.69, 9.17) is 0 Å². The van der Waals surface area contributed by atoms with Crippen molar-refractivity contribution in [2.24, 2.45) is 12.0 Å². The summed E-state index contributed by atoms with van der Waals surface area (Å²) < 4.78 is 3.15. The average molecular weight is 406 g/mol. The highest BCUT2D eigenvalue weighted by Crippen LogP contribution is 2.15. The Kier molecular flexibility index (Phi) is 6.64. The van der Waals surface area contributed by atoms with Crippen molar-refractivity contribution in [2.45, 2.75) is 13.1 Å². The molecule has 1 amide bonds. The van der Waals surface area contributed by atoms with Crippen LogP contribution in [0, 0.1) is 0 Å². The number of carbonyl (C=O) groups is 1. The van der Waals surface area contributed by atoms with Crippen molar-refractivity contribution in [3.05, 3.63) is 57.8 Å². The Bertz CT molecular complexity index is 769. The number of aryl methyl sites for hydroxylation is 1. The monoisotopic (exact) mass is 405 g/mol. The number of rotatable bonds is 5. The van der Waals surface area contributed by atoms with E-state index in [1.54, 1.807) is 20.2 Å². The van der Waals surface area contributed by atoms with E-state index >= 15 is 0 Å². The molecule has 0 spiro atoms. The van der Waals surface area contributed by atoms with Gasteiger partial charge >= 0.3 is 0 Å². The van der Waals surface area contributed by atoms with Crippen molar-refractivity contribution in [3.8, 4) is 0 Å². The minimum Gasteiger partial charge on any atom is -0.355 e. The van der Waals surface area contributed by atoms with Crippen molar-refractivity contribution in [3.63, 3.8) is 0 Å². The molecule has 0 aliphatic heterocycles. The van der Waals surface area contributed by atoms with Crippen molar-refractivity contribution in [2.75, 3.05) is 21.1 Å². The maximum absolute atomic E-state index is 11.7. The molecule has 0 aliphatic rings. The van der Waals surface area contributed by atoms with Crippen LogP contribution in [0.4, 0.5) is 0 Å². The zero-order valence-electron chi connectivity index (χ0n) is 15.0. The maximum atomic E-state index is 11.7. The summed E-state index contributed by atoms with van der Waals surface area (Å²) in [7, 11) is 7.41. The number of nitrogens with one attached hydrogen (secondary N) is 2. The smallest absolute Gasteiger partial charge is 0.251 e. The van der Waals surface area contributed by atoms with Crippen LogP contribution in [0.25, 0.3) is 0 Å². The summed E-state index contributed by atoms with van der Waals surface area (Å²) in [5.74, 6) is 0.709. The molecule has 2 N–H and O–H groups in total. The van der Waals surface area contributed by atoms with Crippen molar-refractivity contribution < 1.29 is 4.79 Å². The average Bonchev–Trinajstić information content (AvgIpc) is 2.92. The van der Waals surface area contributed by atoms with Gasteiger partial charge in [-0.05, 0) is 39.7 Å². The normalized spacial score (nSPS) is 11.3. The third-order valence-corrected chi connectivity index (χ3v) is 4.35. The van der Waals surface area contributed by atoms with Crippen LogP contribution >= 0.6 is 15.9 Å². The summed E-state index contributed by atoms with van der Waals surface area (Å²) in [5, 5.41) is 5.98. The number of guanidine groups is 1. The number of hydrogen-bond donors (Lipinski definition) is 2. The molecule has 0 radical (unpaired) electrons. The van der Waals surface area contributed by atoms with Crippen LogP contribution in [-0.2, 0) is 20.1 Å². The second-order valence-electron chi connectivity index (χ2n) is 5.80. The Morgan fingerprint density at radius 2 is 2.12 bits per heavy atom. The number of hydrogen-bond acceptors (Lipinski definition) is 2. The van der Waals surface area contributed by atoms with Gasteiger partial charge in [0, 0.05) is 56.7 Å². The molecule has 134 valence electrons. The second-order valence-corrected chi connectivity index (χ2v) is 6.71. The molecule has 0 aliphatic carbocycles. The van der Waals surface area contributed by atoms with Gasteiger partial charge in [-0.3, -0.25) is 9.79 Å². The van der Waals surface area contributed by atoms with Gasteiger partial charge in [-0.15, -0.1) is 0 Å². The minimum atomic E-state index is -0.0855. The Balaban J connectivity index is 2.00. The molecular formula is C18H24BrN5O. The standard InChI is InChI=1S/C18H24BrN5O/c1-20-17(25)14-7-5-6-13(8-14)10-22-18(21-2)24(4)12-16-9-15(19)11-23(16)3/h5-9,11H,10,12H2,1-4H3,(H,20,25)(H,21,22). The zero-order valence-corrected chi connectivity index (χ0v) is 16.6. The Morgan fingerprint density at radius 3 is 2.72 bits per heavy atom. The van der Waals surface area contributed by atoms with Gasteiger partial charge < -0.3 is 20.1 Å². The molecule has 2 rings (SSSR count). The molecule has 0 saturated carbocycles. The molecule has 0 atom stereocenters. The first-order valence-electron chi connectivity index (χ1n) is 7.98. The Hall–Kier alpha value is -2.28. The van der Waals surface area contributed by atoms with Crippen LogP contribution in [0.2, 0.25) is 0 Å². The summed E-state index contributed by atoms with van der Waals surface area (Å²) in [4.78, 5) is 18.1. The highest BCUT2D eigenvalue weighted by atomic mass is 79.9. The van der Waals surface area contributed by atoms with E-state index in [0.717, 1.165) is 22.5 Å². The predicted molar refractivity (Wildman–Crippen MR) is 105 cm³/mol. The molecule has 0 fully saturated rings. The van der Waals surface area contributed by atoms with Gasteiger partial charge in [0.1, 0.15) is 0 Å². The van der Waals surface area contributed by atoms with E-state index in [1.807, 2.05) is 38.5 Å². The van der Waals surface area contributed by atoms with Crippen molar-refractivity contribution in [1.29, 1.82) is 0 Å². The second kappa shape index (κ2) is 8.71. The molecular weight excluding hydrogens is 382 g/mol. The molecule has 2 aromatic rings. The lowest BCUT2D eigenvalue weighted by molar-refractivity contribution is 0.0963. The lowest BCUT2D eigenvalue weighted by atomic mass is 10.1. The van der Waals surface area contributed by atoms with Gasteiger partial charge in [-0.2, -0.15) is 0 Å². The summed E-state index contributed by atoms with van der Waals surface area (Å²) >= 11 is 3.49. The van der Waals surface area contributed by atoms with Crippen LogP contribution in [0.3, 0.4) is 0 Å². The zero-order chi connectivity index (χ0) is 18.4. The highest BCUT2D eigenvalue weighted by Gasteiger charge is 2.10. The van der Waals surface area contributed by atoms with Gasteiger partial charge in [0.15, 0.2) is 5.96 Å². The number of halogens is 1. The predicted octanol–water partition coefficient (Wildman–Crippen LogP) is 2.35.